The zero-order chi connectivity index (χ0) is 15.1. The van der Waals surface area contributed by atoms with Gasteiger partial charge < -0.3 is 15.7 Å². The molecule has 0 aromatic rings. The standard InChI is InChI=1S/C15H28N2O3/c1-4-5-10(2)16-14(18)11(3)17-13-8-6-12(7-9-13)15(19)20/h10-13,17H,4-9H2,1-3H3,(H,16,18)(H,19,20). The zero-order valence-corrected chi connectivity index (χ0v) is 12.8. The van der Waals surface area contributed by atoms with E-state index in [1.54, 1.807) is 0 Å². The number of nitrogens with one attached hydrogen (secondary N) is 2. The summed E-state index contributed by atoms with van der Waals surface area (Å²) in [5.74, 6) is -0.865. The van der Waals surface area contributed by atoms with Gasteiger partial charge in [-0.3, -0.25) is 9.59 Å². The minimum absolute atomic E-state index is 0.0336. The molecule has 2 unspecified atom stereocenters. The molecule has 1 aliphatic carbocycles. The Morgan fingerprint density at radius 1 is 1.20 bits per heavy atom. The molecule has 0 bridgehead atoms. The highest BCUT2D eigenvalue weighted by atomic mass is 16.4. The van der Waals surface area contributed by atoms with Crippen molar-refractivity contribution in [3.63, 3.8) is 0 Å². The van der Waals surface area contributed by atoms with Crippen LogP contribution in [-0.2, 0) is 9.59 Å². The van der Waals surface area contributed by atoms with E-state index in [0.29, 0.717) is 12.8 Å². The van der Waals surface area contributed by atoms with Gasteiger partial charge in [-0.05, 0) is 46.0 Å². The summed E-state index contributed by atoms with van der Waals surface area (Å²) in [6, 6.07) is 0.244. The molecule has 5 heteroatoms. The SMILES string of the molecule is CCCC(C)NC(=O)C(C)NC1CCC(C(=O)O)CC1. The molecule has 3 N–H and O–H groups in total. The number of hydrogen-bond donors (Lipinski definition) is 3. The lowest BCUT2D eigenvalue weighted by Gasteiger charge is -2.29. The minimum atomic E-state index is -0.692. The second-order valence-corrected chi connectivity index (χ2v) is 5.97. The smallest absolute Gasteiger partial charge is 0.306 e. The van der Waals surface area contributed by atoms with Crippen molar-refractivity contribution in [3.8, 4) is 0 Å². The molecule has 1 rings (SSSR count). The molecule has 116 valence electrons. The maximum absolute atomic E-state index is 12.0. The van der Waals surface area contributed by atoms with Crippen LogP contribution in [0.4, 0.5) is 0 Å². The van der Waals surface area contributed by atoms with Crippen LogP contribution in [0.1, 0.15) is 59.3 Å². The predicted molar refractivity (Wildman–Crippen MR) is 78.5 cm³/mol. The molecule has 1 saturated carbocycles. The highest BCUT2D eigenvalue weighted by molar-refractivity contribution is 5.81. The molecule has 2 atom stereocenters. The molecule has 20 heavy (non-hydrogen) atoms. The molecule has 0 aromatic carbocycles. The van der Waals surface area contributed by atoms with Crippen molar-refractivity contribution < 1.29 is 14.7 Å². The van der Waals surface area contributed by atoms with Crippen LogP contribution in [0.3, 0.4) is 0 Å². The van der Waals surface area contributed by atoms with E-state index in [9.17, 15) is 9.59 Å². The van der Waals surface area contributed by atoms with Crippen LogP contribution in [0.2, 0.25) is 0 Å². The monoisotopic (exact) mass is 284 g/mol. The first-order valence-electron chi connectivity index (χ1n) is 7.73. The molecule has 0 aliphatic heterocycles. The molecule has 0 saturated heterocycles. The summed E-state index contributed by atoms with van der Waals surface area (Å²) in [5.41, 5.74) is 0. The molecule has 0 radical (unpaired) electrons. The van der Waals surface area contributed by atoms with Crippen LogP contribution in [-0.4, -0.2) is 35.1 Å². The van der Waals surface area contributed by atoms with Crippen LogP contribution >= 0.6 is 0 Å². The third-order valence-corrected chi connectivity index (χ3v) is 4.07. The summed E-state index contributed by atoms with van der Waals surface area (Å²) >= 11 is 0. The van der Waals surface area contributed by atoms with E-state index < -0.39 is 5.97 Å². The number of carboxylic acid groups (broad SMARTS) is 1. The number of carbonyl (C=O) groups is 2. The molecule has 0 heterocycles. The number of hydrogen-bond acceptors (Lipinski definition) is 3. The molecule has 5 nitrogen and oxygen atoms in total. The topological polar surface area (TPSA) is 78.4 Å². The van der Waals surface area contributed by atoms with Gasteiger partial charge in [-0.1, -0.05) is 13.3 Å². The lowest BCUT2D eigenvalue weighted by Crippen LogP contribution is -2.49. The van der Waals surface area contributed by atoms with Gasteiger partial charge in [0, 0.05) is 12.1 Å². The third kappa shape index (κ3) is 5.49. The molecule has 1 amide bonds. The molecule has 0 spiro atoms. The van der Waals surface area contributed by atoms with Crippen LogP contribution in [0.25, 0.3) is 0 Å². The average Bonchev–Trinajstić information content (AvgIpc) is 2.39. The first-order chi connectivity index (χ1) is 9.43. The molecular formula is C15H28N2O3. The average molecular weight is 284 g/mol. The first kappa shape index (κ1) is 17.0. The van der Waals surface area contributed by atoms with E-state index in [-0.39, 0.29) is 30.0 Å². The summed E-state index contributed by atoms with van der Waals surface area (Å²) in [6.45, 7) is 5.99. The van der Waals surface area contributed by atoms with Crippen molar-refractivity contribution in [3.05, 3.63) is 0 Å². The maximum atomic E-state index is 12.0. The van der Waals surface area contributed by atoms with Crippen molar-refractivity contribution in [2.75, 3.05) is 0 Å². The maximum Gasteiger partial charge on any atom is 0.306 e. The second-order valence-electron chi connectivity index (χ2n) is 5.97. The molecular weight excluding hydrogens is 256 g/mol. The fourth-order valence-electron chi connectivity index (χ4n) is 2.81. The Morgan fingerprint density at radius 2 is 1.80 bits per heavy atom. The second kappa shape index (κ2) is 8.25. The summed E-state index contributed by atoms with van der Waals surface area (Å²) in [5, 5.41) is 15.3. The Bertz CT molecular complexity index is 325. The fraction of sp³-hybridized carbons (Fsp3) is 0.867. The first-order valence-corrected chi connectivity index (χ1v) is 7.73. The van der Waals surface area contributed by atoms with Crippen molar-refractivity contribution in [1.29, 1.82) is 0 Å². The Labute approximate surface area is 121 Å². The lowest BCUT2D eigenvalue weighted by molar-refractivity contribution is -0.143. The van der Waals surface area contributed by atoms with Crippen LogP contribution < -0.4 is 10.6 Å². The number of aliphatic carboxylic acids is 1. The summed E-state index contributed by atoms with van der Waals surface area (Å²) in [4.78, 5) is 22.9. The van der Waals surface area contributed by atoms with Gasteiger partial charge in [0.25, 0.3) is 0 Å². The van der Waals surface area contributed by atoms with Gasteiger partial charge in [-0.2, -0.15) is 0 Å². The van der Waals surface area contributed by atoms with Gasteiger partial charge in [0.15, 0.2) is 0 Å². The van der Waals surface area contributed by atoms with Gasteiger partial charge in [0.1, 0.15) is 0 Å². The van der Waals surface area contributed by atoms with Gasteiger partial charge in [0.2, 0.25) is 5.91 Å². The van der Waals surface area contributed by atoms with Crippen molar-refractivity contribution in [2.45, 2.75) is 77.4 Å². The Hall–Kier alpha value is -1.10. The molecule has 1 fully saturated rings. The van der Waals surface area contributed by atoms with Crippen LogP contribution in [0.15, 0.2) is 0 Å². The van der Waals surface area contributed by atoms with Gasteiger partial charge in [-0.15, -0.1) is 0 Å². The molecule has 1 aliphatic rings. The normalized spacial score (nSPS) is 25.8. The Kier molecular flexibility index (Phi) is 6.99. The van der Waals surface area contributed by atoms with E-state index in [4.69, 9.17) is 5.11 Å². The largest absolute Gasteiger partial charge is 0.481 e. The van der Waals surface area contributed by atoms with Gasteiger partial charge >= 0.3 is 5.97 Å². The van der Waals surface area contributed by atoms with Crippen molar-refractivity contribution in [2.24, 2.45) is 5.92 Å². The lowest BCUT2D eigenvalue weighted by atomic mass is 9.86. The highest BCUT2D eigenvalue weighted by Crippen LogP contribution is 2.24. The fourth-order valence-corrected chi connectivity index (χ4v) is 2.81. The quantitative estimate of drug-likeness (QED) is 0.667. The Balaban J connectivity index is 2.30. The van der Waals surface area contributed by atoms with E-state index in [1.807, 2.05) is 13.8 Å². The number of carboxylic acids is 1. The van der Waals surface area contributed by atoms with E-state index in [2.05, 4.69) is 17.6 Å². The van der Waals surface area contributed by atoms with E-state index in [1.165, 1.54) is 0 Å². The van der Waals surface area contributed by atoms with Crippen molar-refractivity contribution in [1.82, 2.24) is 10.6 Å². The number of carbonyl (C=O) groups excluding carboxylic acids is 1. The van der Waals surface area contributed by atoms with Gasteiger partial charge in [0.05, 0.1) is 12.0 Å². The summed E-state index contributed by atoms with van der Waals surface area (Å²) in [6.07, 6.45) is 5.12. The zero-order valence-electron chi connectivity index (χ0n) is 12.8. The Morgan fingerprint density at radius 3 is 2.30 bits per heavy atom. The number of rotatable bonds is 7. The summed E-state index contributed by atoms with van der Waals surface area (Å²) in [7, 11) is 0. The van der Waals surface area contributed by atoms with E-state index in [0.717, 1.165) is 25.7 Å². The molecule has 0 aromatic heterocycles. The van der Waals surface area contributed by atoms with Gasteiger partial charge in [-0.25, -0.2) is 0 Å². The number of amides is 1. The van der Waals surface area contributed by atoms with Crippen LogP contribution in [0, 0.1) is 5.92 Å². The highest BCUT2D eigenvalue weighted by Gasteiger charge is 2.27. The minimum Gasteiger partial charge on any atom is -0.481 e. The van der Waals surface area contributed by atoms with Crippen LogP contribution in [0.5, 0.6) is 0 Å². The van der Waals surface area contributed by atoms with Crippen molar-refractivity contribution >= 4 is 11.9 Å². The third-order valence-electron chi connectivity index (χ3n) is 4.07. The van der Waals surface area contributed by atoms with E-state index >= 15 is 0 Å². The summed E-state index contributed by atoms with van der Waals surface area (Å²) < 4.78 is 0. The predicted octanol–water partition coefficient (Wildman–Crippen LogP) is 1.91.